The van der Waals surface area contributed by atoms with E-state index in [1.165, 1.54) is 0 Å². The van der Waals surface area contributed by atoms with Gasteiger partial charge in [-0.2, -0.15) is 9.97 Å². The van der Waals surface area contributed by atoms with E-state index in [2.05, 4.69) is 19.9 Å². The van der Waals surface area contributed by atoms with Gasteiger partial charge in [0.2, 0.25) is 5.88 Å². The molecule has 0 amide bonds. The number of hydrogen-bond acceptors (Lipinski definition) is 9. The number of imidazole rings is 1. The molecule has 6 rings (SSSR count). The number of hydrogen-bond donors (Lipinski definition) is 2. The van der Waals surface area contributed by atoms with Crippen LogP contribution in [0.3, 0.4) is 0 Å². The molecule has 3 fully saturated rings. The third-order valence-corrected chi connectivity index (χ3v) is 6.30. The van der Waals surface area contributed by atoms with Crippen LogP contribution in [-0.4, -0.2) is 84.0 Å². The first-order valence-electron chi connectivity index (χ1n) is 10.9. The lowest BCUT2D eigenvalue weighted by Crippen LogP contribution is -2.36. The third kappa shape index (κ3) is 4.09. The lowest BCUT2D eigenvalue weighted by Gasteiger charge is -2.29. The predicted octanol–water partition coefficient (Wildman–Crippen LogP) is 2.15. The number of aliphatic hydroxyl groups is 1. The molecule has 33 heavy (non-hydrogen) atoms. The van der Waals surface area contributed by atoms with E-state index in [-0.39, 0.29) is 36.8 Å². The van der Waals surface area contributed by atoms with Crippen molar-refractivity contribution in [3.63, 3.8) is 0 Å². The fourth-order valence-corrected chi connectivity index (χ4v) is 4.56. The molecule has 0 bridgehead atoms. The number of pyridine rings is 1. The number of benzene rings is 1. The summed E-state index contributed by atoms with van der Waals surface area (Å²) < 4.78 is 28.6. The van der Waals surface area contributed by atoms with Crippen molar-refractivity contribution < 1.29 is 28.8 Å². The summed E-state index contributed by atoms with van der Waals surface area (Å²) in [5.74, 6) is 0.888. The maximum Gasteiger partial charge on any atom is 0.296 e. The highest BCUT2D eigenvalue weighted by molar-refractivity contribution is 6.32. The Morgan fingerprint density at radius 1 is 1.09 bits per heavy atom. The zero-order chi connectivity index (χ0) is 22.4. The number of fused-ring (bicyclic) bond motifs is 2. The Morgan fingerprint density at radius 2 is 1.94 bits per heavy atom. The van der Waals surface area contributed by atoms with Gasteiger partial charge in [-0.1, -0.05) is 17.7 Å². The molecule has 1 aromatic carbocycles. The summed E-state index contributed by atoms with van der Waals surface area (Å²) in [7, 11) is 0. The molecule has 1 unspecified atom stereocenters. The van der Waals surface area contributed by atoms with Gasteiger partial charge in [-0.15, -0.1) is 0 Å². The van der Waals surface area contributed by atoms with Gasteiger partial charge in [0.1, 0.15) is 29.1 Å². The van der Waals surface area contributed by atoms with Gasteiger partial charge in [0.25, 0.3) is 6.01 Å². The molecule has 10 nitrogen and oxygen atoms in total. The van der Waals surface area contributed by atoms with Crippen molar-refractivity contribution in [1.29, 1.82) is 0 Å². The van der Waals surface area contributed by atoms with Crippen molar-refractivity contribution in [3.05, 3.63) is 35.4 Å². The van der Waals surface area contributed by atoms with Crippen molar-refractivity contribution in [3.8, 4) is 17.6 Å². The molecule has 3 aliphatic heterocycles. The van der Waals surface area contributed by atoms with Crippen molar-refractivity contribution in [1.82, 2.24) is 15.0 Å². The van der Waals surface area contributed by atoms with E-state index < -0.39 is 6.10 Å². The number of aromatic nitrogens is 3. The summed E-state index contributed by atoms with van der Waals surface area (Å²) >= 11 is 6.44. The number of morpholine rings is 1. The number of halogens is 1. The van der Waals surface area contributed by atoms with Crippen LogP contribution in [0, 0.1) is 0 Å². The number of ether oxygens (including phenoxy) is 5. The average Bonchev–Trinajstić information content (AvgIpc) is 3.52. The maximum absolute atomic E-state index is 9.90. The quantitative estimate of drug-likeness (QED) is 0.574. The van der Waals surface area contributed by atoms with Crippen LogP contribution < -0.4 is 14.4 Å². The second-order valence-corrected chi connectivity index (χ2v) is 8.61. The standard InChI is InChI=1S/C22H23ClN4O6/c23-14-9-15-20(26-22(24-15)33-17-11-31-18-16(28)10-30-19(17)18)25-21(14)32-13-3-1-2-12(8-13)27-4-6-29-7-5-27/h1-3,8-9,16-19,28H,4-7,10-11H2,(H,24,25,26)/t16-,17-,18?,19-/m1/s1. The van der Waals surface area contributed by atoms with Crippen LogP contribution >= 0.6 is 11.6 Å². The summed E-state index contributed by atoms with van der Waals surface area (Å²) in [5.41, 5.74) is 2.09. The van der Waals surface area contributed by atoms with Gasteiger partial charge in [0.05, 0.1) is 31.9 Å². The summed E-state index contributed by atoms with van der Waals surface area (Å²) in [6.07, 6.45) is -1.72. The highest BCUT2D eigenvalue weighted by atomic mass is 35.5. The lowest BCUT2D eigenvalue weighted by molar-refractivity contribution is 0.00706. The molecule has 3 aliphatic rings. The number of aromatic amines is 1. The first-order chi connectivity index (χ1) is 16.1. The molecule has 0 saturated carbocycles. The highest BCUT2D eigenvalue weighted by Crippen LogP contribution is 2.33. The molecule has 0 radical (unpaired) electrons. The molecule has 3 aromatic rings. The Morgan fingerprint density at radius 3 is 2.82 bits per heavy atom. The van der Waals surface area contributed by atoms with E-state index in [0.717, 1.165) is 18.8 Å². The monoisotopic (exact) mass is 474 g/mol. The number of aliphatic hydroxyl groups excluding tert-OH is 1. The molecule has 3 saturated heterocycles. The summed E-state index contributed by atoms with van der Waals surface area (Å²) in [6.45, 7) is 3.63. The van der Waals surface area contributed by atoms with Crippen LogP contribution in [0.25, 0.3) is 11.2 Å². The van der Waals surface area contributed by atoms with Gasteiger partial charge >= 0.3 is 0 Å². The molecule has 0 spiro atoms. The Bertz CT molecular complexity index is 1150. The summed E-state index contributed by atoms with van der Waals surface area (Å²) in [5, 5.41) is 10.2. The minimum absolute atomic E-state index is 0.236. The van der Waals surface area contributed by atoms with Crippen LogP contribution in [0.15, 0.2) is 30.3 Å². The maximum atomic E-state index is 9.90. The number of nitrogens with one attached hydrogen (secondary N) is 1. The molecule has 2 aromatic heterocycles. The van der Waals surface area contributed by atoms with Gasteiger partial charge < -0.3 is 38.7 Å². The molecule has 4 atom stereocenters. The topological polar surface area (TPSA) is 111 Å². The first kappa shape index (κ1) is 20.9. The lowest BCUT2D eigenvalue weighted by atomic mass is 10.1. The Kier molecular flexibility index (Phi) is 5.47. The third-order valence-electron chi connectivity index (χ3n) is 6.03. The second kappa shape index (κ2) is 8.62. The smallest absolute Gasteiger partial charge is 0.296 e. The Hall–Kier alpha value is -2.63. The van der Waals surface area contributed by atoms with Crippen LogP contribution in [0.4, 0.5) is 5.69 Å². The minimum Gasteiger partial charge on any atom is -0.456 e. The van der Waals surface area contributed by atoms with Crippen molar-refractivity contribution in [2.75, 3.05) is 44.4 Å². The molecule has 11 heteroatoms. The molecule has 174 valence electrons. The van der Waals surface area contributed by atoms with Gasteiger partial charge in [-0.3, -0.25) is 0 Å². The van der Waals surface area contributed by atoms with E-state index in [1.807, 2.05) is 24.3 Å². The van der Waals surface area contributed by atoms with Crippen molar-refractivity contribution in [2.24, 2.45) is 0 Å². The summed E-state index contributed by atoms with van der Waals surface area (Å²) in [6, 6.07) is 9.77. The van der Waals surface area contributed by atoms with Crippen LogP contribution in [0.2, 0.25) is 5.02 Å². The number of H-pyrrole nitrogens is 1. The predicted molar refractivity (Wildman–Crippen MR) is 118 cm³/mol. The minimum atomic E-state index is -0.638. The molecule has 2 N–H and O–H groups in total. The zero-order valence-electron chi connectivity index (χ0n) is 17.6. The average molecular weight is 475 g/mol. The fraction of sp³-hybridized carbons (Fsp3) is 0.455. The van der Waals surface area contributed by atoms with Crippen LogP contribution in [0.1, 0.15) is 0 Å². The molecular weight excluding hydrogens is 452 g/mol. The zero-order valence-corrected chi connectivity index (χ0v) is 18.4. The SMILES string of the molecule is O[C@@H]1CO[C@H]2C1OC[C@H]2Oc1nc2nc(Oc3cccc(N4CCOCC4)c3)c(Cl)cc2[nH]1. The Balaban J connectivity index is 1.20. The van der Waals surface area contributed by atoms with Gasteiger partial charge in [-0.05, 0) is 18.2 Å². The van der Waals surface area contributed by atoms with Crippen molar-refractivity contribution >= 4 is 28.5 Å². The largest absolute Gasteiger partial charge is 0.456 e. The number of anilines is 1. The number of rotatable bonds is 5. The van der Waals surface area contributed by atoms with Gasteiger partial charge in [0, 0.05) is 24.8 Å². The van der Waals surface area contributed by atoms with E-state index in [1.54, 1.807) is 6.07 Å². The molecule has 0 aliphatic carbocycles. The van der Waals surface area contributed by atoms with Crippen LogP contribution in [-0.2, 0) is 14.2 Å². The highest BCUT2D eigenvalue weighted by Gasteiger charge is 2.48. The van der Waals surface area contributed by atoms with Gasteiger partial charge in [-0.25, -0.2) is 0 Å². The Labute approximate surface area is 194 Å². The normalized spacial score (nSPS) is 27.2. The first-order valence-corrected chi connectivity index (χ1v) is 11.3. The number of nitrogens with zero attached hydrogens (tertiary/aromatic N) is 3. The summed E-state index contributed by atoms with van der Waals surface area (Å²) in [4.78, 5) is 14.2. The van der Waals surface area contributed by atoms with E-state index in [4.69, 9.17) is 35.3 Å². The molecule has 5 heterocycles. The van der Waals surface area contributed by atoms with E-state index in [0.29, 0.717) is 41.8 Å². The fourth-order valence-electron chi connectivity index (χ4n) is 4.37. The van der Waals surface area contributed by atoms with E-state index >= 15 is 0 Å². The van der Waals surface area contributed by atoms with Crippen molar-refractivity contribution in [2.45, 2.75) is 24.4 Å². The molecular formula is C22H23ClN4O6. The van der Waals surface area contributed by atoms with E-state index in [9.17, 15) is 5.11 Å². The second-order valence-electron chi connectivity index (χ2n) is 8.21. The van der Waals surface area contributed by atoms with Gasteiger partial charge in [0.15, 0.2) is 11.8 Å². The van der Waals surface area contributed by atoms with Crippen LogP contribution in [0.5, 0.6) is 17.6 Å².